The van der Waals surface area contributed by atoms with Crippen molar-refractivity contribution >= 4 is 17.7 Å². The molecular weight excluding hydrogens is 284 g/mol. The smallest absolute Gasteiger partial charge is 0.344 e. The van der Waals surface area contributed by atoms with E-state index < -0.39 is 18.5 Å². The Morgan fingerprint density at radius 3 is 2.55 bits per heavy atom. The van der Waals surface area contributed by atoms with Crippen LogP contribution in [0.15, 0.2) is 12.2 Å². The molecule has 0 heterocycles. The molecule has 4 bridgehead atoms. The first kappa shape index (κ1) is 15.3. The van der Waals surface area contributed by atoms with E-state index in [0.717, 1.165) is 19.3 Å². The van der Waals surface area contributed by atoms with Gasteiger partial charge in [-0.3, -0.25) is 4.79 Å². The summed E-state index contributed by atoms with van der Waals surface area (Å²) >= 11 is 0. The Balaban J connectivity index is 1.60. The monoisotopic (exact) mass is 306 g/mol. The lowest BCUT2D eigenvalue weighted by molar-refractivity contribution is -0.185. The van der Waals surface area contributed by atoms with Crippen LogP contribution in [-0.4, -0.2) is 30.4 Å². The molecule has 6 atom stereocenters. The minimum atomic E-state index is -0.605. The molecule has 4 rings (SSSR count). The lowest BCUT2D eigenvalue weighted by atomic mass is 9.50. The van der Waals surface area contributed by atoms with Crippen molar-refractivity contribution in [3.8, 4) is 0 Å². The fraction of sp³-hybridized carbons (Fsp3) is 0.706. The second kappa shape index (κ2) is 5.52. The zero-order chi connectivity index (χ0) is 16.0. The summed E-state index contributed by atoms with van der Waals surface area (Å²) in [6.45, 7) is 6.73. The first-order valence-electron chi connectivity index (χ1n) is 7.94. The highest BCUT2D eigenvalue weighted by atomic mass is 16.6. The van der Waals surface area contributed by atoms with Gasteiger partial charge in [0.1, 0.15) is 11.9 Å². The van der Waals surface area contributed by atoms with Crippen molar-refractivity contribution in [2.45, 2.75) is 39.2 Å². The van der Waals surface area contributed by atoms with Crippen LogP contribution in [0.4, 0.5) is 0 Å². The van der Waals surface area contributed by atoms with Crippen LogP contribution in [0, 0.1) is 29.6 Å². The molecule has 0 N–H and O–H groups in total. The van der Waals surface area contributed by atoms with E-state index in [1.165, 1.54) is 6.92 Å². The molecule has 0 spiro atoms. The number of carbonyl (C=O) groups excluding carboxylic acids is 3. The summed E-state index contributed by atoms with van der Waals surface area (Å²) in [5, 5.41) is 0. The number of rotatable bonds is 4. The molecule has 22 heavy (non-hydrogen) atoms. The molecule has 6 unspecified atom stereocenters. The van der Waals surface area contributed by atoms with Gasteiger partial charge in [0.15, 0.2) is 6.61 Å². The third kappa shape index (κ3) is 2.46. The van der Waals surface area contributed by atoms with E-state index in [4.69, 9.17) is 9.47 Å². The highest BCUT2D eigenvalue weighted by molar-refractivity contribution is 5.89. The van der Waals surface area contributed by atoms with Crippen LogP contribution < -0.4 is 0 Å². The van der Waals surface area contributed by atoms with Gasteiger partial charge < -0.3 is 9.47 Å². The van der Waals surface area contributed by atoms with Crippen LogP contribution in [0.3, 0.4) is 0 Å². The molecule has 4 fully saturated rings. The van der Waals surface area contributed by atoms with Gasteiger partial charge in [-0.15, -0.1) is 0 Å². The van der Waals surface area contributed by atoms with E-state index in [-0.39, 0.29) is 35.2 Å². The van der Waals surface area contributed by atoms with Gasteiger partial charge in [-0.1, -0.05) is 13.5 Å². The van der Waals surface area contributed by atoms with Gasteiger partial charge >= 0.3 is 11.9 Å². The lowest BCUT2D eigenvalue weighted by Crippen LogP contribution is -2.58. The van der Waals surface area contributed by atoms with Gasteiger partial charge in [0.05, 0.1) is 5.92 Å². The fourth-order valence-corrected chi connectivity index (χ4v) is 4.48. The van der Waals surface area contributed by atoms with E-state index in [0.29, 0.717) is 11.8 Å². The van der Waals surface area contributed by atoms with Crippen LogP contribution in [0.2, 0.25) is 0 Å². The second-order valence-corrected chi connectivity index (χ2v) is 7.01. The number of ether oxygens (including phenoxy) is 2. The summed E-state index contributed by atoms with van der Waals surface area (Å²) in [4.78, 5) is 35.6. The Morgan fingerprint density at radius 1 is 1.18 bits per heavy atom. The zero-order valence-corrected chi connectivity index (χ0v) is 13.0. The van der Waals surface area contributed by atoms with Gasteiger partial charge in [0.25, 0.3) is 0 Å². The number of hydrogen-bond acceptors (Lipinski definition) is 5. The molecule has 4 aliphatic carbocycles. The fourth-order valence-electron chi connectivity index (χ4n) is 4.48. The van der Waals surface area contributed by atoms with Crippen molar-refractivity contribution in [1.82, 2.24) is 0 Å². The Bertz CT molecular complexity index is 537. The molecule has 5 heteroatoms. The standard InChI is InChI=1S/C17H22O5/c1-8(2)17(20)21-7-14(18)22-16-11-4-10-5-13(16)15(19)12(6-11)9(10)3/h9-13,16H,1,4-7H2,2-3H3. The number of Topliss-reactive ketones (excluding diaryl/α,β-unsaturated/α-hetero) is 1. The summed E-state index contributed by atoms with van der Waals surface area (Å²) in [7, 11) is 0. The topological polar surface area (TPSA) is 69.7 Å². The van der Waals surface area contributed by atoms with Crippen molar-refractivity contribution in [3.63, 3.8) is 0 Å². The summed E-state index contributed by atoms with van der Waals surface area (Å²) < 4.78 is 10.3. The van der Waals surface area contributed by atoms with Crippen molar-refractivity contribution in [1.29, 1.82) is 0 Å². The van der Waals surface area contributed by atoms with Crippen molar-refractivity contribution in [3.05, 3.63) is 12.2 Å². The third-order valence-corrected chi connectivity index (χ3v) is 5.63. The predicted octanol–water partition coefficient (Wildman–Crippen LogP) is 1.90. The van der Waals surface area contributed by atoms with E-state index in [2.05, 4.69) is 13.5 Å². The molecule has 0 amide bonds. The minimum Gasteiger partial charge on any atom is -0.459 e. The predicted molar refractivity (Wildman–Crippen MR) is 77.6 cm³/mol. The highest BCUT2D eigenvalue weighted by Gasteiger charge is 2.57. The molecule has 0 aromatic rings. The quantitative estimate of drug-likeness (QED) is 0.586. The lowest BCUT2D eigenvalue weighted by Gasteiger charge is -2.55. The van der Waals surface area contributed by atoms with E-state index >= 15 is 0 Å². The van der Waals surface area contributed by atoms with Crippen molar-refractivity contribution < 1.29 is 23.9 Å². The van der Waals surface area contributed by atoms with Gasteiger partial charge in [-0.2, -0.15) is 0 Å². The van der Waals surface area contributed by atoms with E-state index in [9.17, 15) is 14.4 Å². The molecule has 0 aliphatic heterocycles. The Labute approximate surface area is 130 Å². The van der Waals surface area contributed by atoms with Crippen molar-refractivity contribution in [2.24, 2.45) is 29.6 Å². The van der Waals surface area contributed by atoms with E-state index in [1.54, 1.807) is 0 Å². The summed E-state index contributed by atoms with van der Waals surface area (Å²) in [5.41, 5.74) is 0.242. The average Bonchev–Trinajstić information content (AvgIpc) is 2.47. The first-order chi connectivity index (χ1) is 10.4. The summed E-state index contributed by atoms with van der Waals surface area (Å²) in [6, 6.07) is 0. The van der Waals surface area contributed by atoms with Crippen LogP contribution in [0.25, 0.3) is 0 Å². The van der Waals surface area contributed by atoms with Crippen LogP contribution in [0.1, 0.15) is 33.1 Å². The maximum absolute atomic E-state index is 12.4. The second-order valence-electron chi connectivity index (χ2n) is 7.01. The normalized spacial score (nSPS) is 38.7. The summed E-state index contributed by atoms with van der Waals surface area (Å²) in [5.74, 6) is 0.411. The van der Waals surface area contributed by atoms with Gasteiger partial charge in [0, 0.05) is 11.5 Å². The Morgan fingerprint density at radius 2 is 1.86 bits per heavy atom. The SMILES string of the molecule is C=C(C)C(=O)OCC(=O)OC1C2CC3CC1C(=O)C(C2)C3C. The first-order valence-corrected chi connectivity index (χ1v) is 7.94. The van der Waals surface area contributed by atoms with Gasteiger partial charge in [-0.05, 0) is 43.9 Å². The number of ketones is 1. The molecule has 0 aromatic carbocycles. The molecule has 0 radical (unpaired) electrons. The largest absolute Gasteiger partial charge is 0.459 e. The van der Waals surface area contributed by atoms with Crippen LogP contribution >= 0.6 is 0 Å². The maximum Gasteiger partial charge on any atom is 0.344 e. The van der Waals surface area contributed by atoms with Gasteiger partial charge in [0.2, 0.25) is 0 Å². The number of carbonyl (C=O) groups is 3. The summed E-state index contributed by atoms with van der Waals surface area (Å²) in [6.07, 6.45) is 2.36. The molecule has 4 aliphatic rings. The molecule has 0 saturated heterocycles. The molecule has 120 valence electrons. The molecule has 4 saturated carbocycles. The molecular formula is C17H22O5. The Hall–Kier alpha value is -1.65. The maximum atomic E-state index is 12.4. The number of hydrogen-bond donors (Lipinski definition) is 0. The van der Waals surface area contributed by atoms with Crippen LogP contribution in [0.5, 0.6) is 0 Å². The van der Waals surface area contributed by atoms with Crippen LogP contribution in [-0.2, 0) is 23.9 Å². The zero-order valence-electron chi connectivity index (χ0n) is 13.0. The minimum absolute atomic E-state index is 0.152. The highest BCUT2D eigenvalue weighted by Crippen LogP contribution is 2.55. The third-order valence-electron chi connectivity index (χ3n) is 5.63. The number of esters is 2. The Kier molecular flexibility index (Phi) is 3.83. The molecule has 0 aromatic heterocycles. The van der Waals surface area contributed by atoms with Crippen molar-refractivity contribution in [2.75, 3.05) is 6.61 Å². The van der Waals surface area contributed by atoms with E-state index in [1.807, 2.05) is 0 Å². The van der Waals surface area contributed by atoms with Gasteiger partial charge in [-0.25, -0.2) is 9.59 Å². The average molecular weight is 306 g/mol. The molecule has 5 nitrogen and oxygen atoms in total.